The molecule has 1 N–H and O–H groups in total. The maximum atomic E-state index is 12.4. The summed E-state index contributed by atoms with van der Waals surface area (Å²) in [6.07, 6.45) is 0.143. The third kappa shape index (κ3) is 5.09. The number of carbonyl (C=O) groups excluding carboxylic acids is 1. The maximum Gasteiger partial charge on any atom is 0.261 e. The Labute approximate surface area is 156 Å². The van der Waals surface area contributed by atoms with E-state index in [2.05, 4.69) is 4.72 Å². The van der Waals surface area contributed by atoms with Crippen molar-refractivity contribution < 1.29 is 18.0 Å². The van der Waals surface area contributed by atoms with Crippen LogP contribution in [-0.2, 0) is 26.1 Å². The van der Waals surface area contributed by atoms with Gasteiger partial charge in [-0.05, 0) is 35.9 Å². The first kappa shape index (κ1) is 19.5. The zero-order valence-corrected chi connectivity index (χ0v) is 15.8. The molecule has 0 fully saturated rings. The summed E-state index contributed by atoms with van der Waals surface area (Å²) >= 11 is 11.7. The third-order valence-electron chi connectivity index (χ3n) is 3.39. The Bertz CT molecular complexity index is 870. The van der Waals surface area contributed by atoms with Crippen LogP contribution in [0.3, 0.4) is 0 Å². The van der Waals surface area contributed by atoms with Gasteiger partial charge in [-0.25, -0.2) is 13.5 Å². The highest BCUT2D eigenvalue weighted by molar-refractivity contribution is 7.92. The SMILES string of the molecule is CON(C)C(=O)Cc1ccc(NS(=O)(=O)c2ccc(Cl)c(Cl)c2)cc1. The third-order valence-corrected chi connectivity index (χ3v) is 5.51. The number of likely N-dealkylation sites (N-methyl/N-ethyl adjacent to an activating group) is 1. The Kier molecular flexibility index (Phi) is 6.29. The highest BCUT2D eigenvalue weighted by Gasteiger charge is 2.16. The molecule has 0 radical (unpaired) electrons. The van der Waals surface area contributed by atoms with Crippen LogP contribution in [0.4, 0.5) is 5.69 Å². The lowest BCUT2D eigenvalue weighted by atomic mass is 10.1. The van der Waals surface area contributed by atoms with Crippen LogP contribution in [0.1, 0.15) is 5.56 Å². The molecule has 9 heteroatoms. The highest BCUT2D eigenvalue weighted by atomic mass is 35.5. The van der Waals surface area contributed by atoms with Gasteiger partial charge in [0.25, 0.3) is 10.0 Å². The van der Waals surface area contributed by atoms with Crippen LogP contribution >= 0.6 is 23.2 Å². The minimum atomic E-state index is -3.79. The molecule has 0 saturated carbocycles. The van der Waals surface area contributed by atoms with Gasteiger partial charge in [0.2, 0.25) is 5.91 Å². The van der Waals surface area contributed by atoms with E-state index in [4.69, 9.17) is 28.0 Å². The van der Waals surface area contributed by atoms with Crippen LogP contribution in [0, 0.1) is 0 Å². The summed E-state index contributed by atoms with van der Waals surface area (Å²) in [5.74, 6) is -0.216. The molecule has 2 aromatic carbocycles. The van der Waals surface area contributed by atoms with Crippen molar-refractivity contribution in [3.63, 3.8) is 0 Å². The minimum Gasteiger partial charge on any atom is -0.280 e. The average Bonchev–Trinajstić information content (AvgIpc) is 2.57. The van der Waals surface area contributed by atoms with Crippen LogP contribution in [0.25, 0.3) is 0 Å². The summed E-state index contributed by atoms with van der Waals surface area (Å²) in [7, 11) is -0.877. The van der Waals surface area contributed by atoms with Crippen molar-refractivity contribution in [3.05, 3.63) is 58.1 Å². The van der Waals surface area contributed by atoms with Gasteiger partial charge in [-0.2, -0.15) is 0 Å². The van der Waals surface area contributed by atoms with Gasteiger partial charge < -0.3 is 0 Å². The Morgan fingerprint density at radius 2 is 1.76 bits per heavy atom. The van der Waals surface area contributed by atoms with E-state index >= 15 is 0 Å². The summed E-state index contributed by atoms with van der Waals surface area (Å²) in [6.45, 7) is 0. The fourth-order valence-corrected chi connectivity index (χ4v) is 3.38. The smallest absolute Gasteiger partial charge is 0.261 e. The number of halogens is 2. The molecule has 2 aromatic rings. The van der Waals surface area contributed by atoms with E-state index in [-0.39, 0.29) is 27.3 Å². The molecule has 0 spiro atoms. The highest BCUT2D eigenvalue weighted by Crippen LogP contribution is 2.26. The minimum absolute atomic E-state index is 0.00266. The van der Waals surface area contributed by atoms with E-state index in [1.54, 1.807) is 24.3 Å². The molecule has 0 aromatic heterocycles. The Morgan fingerprint density at radius 3 is 2.32 bits per heavy atom. The standard InChI is InChI=1S/C16H16Cl2N2O4S/c1-20(24-2)16(21)9-11-3-5-12(6-4-11)19-25(22,23)13-7-8-14(17)15(18)10-13/h3-8,10,19H,9H2,1-2H3. The van der Waals surface area contributed by atoms with Gasteiger partial charge in [0.05, 0.1) is 28.5 Å². The molecule has 0 atom stereocenters. The fraction of sp³-hybridized carbons (Fsp3) is 0.188. The number of hydrogen-bond donors (Lipinski definition) is 1. The van der Waals surface area contributed by atoms with Crippen LogP contribution in [0.15, 0.2) is 47.4 Å². The monoisotopic (exact) mass is 402 g/mol. The largest absolute Gasteiger partial charge is 0.280 e. The molecule has 0 unspecified atom stereocenters. The number of amides is 1. The van der Waals surface area contributed by atoms with Crippen molar-refractivity contribution in [1.29, 1.82) is 0 Å². The second kappa shape index (κ2) is 8.05. The molecule has 0 bridgehead atoms. The number of hydroxylamine groups is 2. The Hall–Kier alpha value is -1.80. The maximum absolute atomic E-state index is 12.4. The molecule has 2 rings (SSSR count). The molecule has 134 valence electrons. The number of hydrogen-bond acceptors (Lipinski definition) is 4. The first-order valence-electron chi connectivity index (χ1n) is 7.10. The second-order valence-electron chi connectivity index (χ2n) is 5.13. The van der Waals surface area contributed by atoms with E-state index in [0.717, 1.165) is 10.6 Å². The number of sulfonamides is 1. The lowest BCUT2D eigenvalue weighted by molar-refractivity contribution is -0.167. The van der Waals surface area contributed by atoms with E-state index in [1.165, 1.54) is 32.4 Å². The van der Waals surface area contributed by atoms with E-state index in [9.17, 15) is 13.2 Å². The molecule has 0 aliphatic rings. The zero-order valence-electron chi connectivity index (χ0n) is 13.5. The number of nitrogens with one attached hydrogen (secondary N) is 1. The first-order valence-corrected chi connectivity index (χ1v) is 9.34. The van der Waals surface area contributed by atoms with Crippen molar-refractivity contribution >= 4 is 44.8 Å². The zero-order chi connectivity index (χ0) is 18.6. The van der Waals surface area contributed by atoms with Gasteiger partial charge in [-0.15, -0.1) is 0 Å². The molecule has 0 saturated heterocycles. The summed E-state index contributed by atoms with van der Waals surface area (Å²) in [6, 6.07) is 10.5. The van der Waals surface area contributed by atoms with Crippen molar-refractivity contribution in [2.24, 2.45) is 0 Å². The molecular weight excluding hydrogens is 387 g/mol. The van der Waals surface area contributed by atoms with Gasteiger partial charge in [0, 0.05) is 12.7 Å². The average molecular weight is 403 g/mol. The van der Waals surface area contributed by atoms with Gasteiger partial charge in [0.1, 0.15) is 0 Å². The summed E-state index contributed by atoms with van der Waals surface area (Å²) in [4.78, 5) is 16.6. The molecule has 0 heterocycles. The summed E-state index contributed by atoms with van der Waals surface area (Å²) < 4.78 is 27.2. The topological polar surface area (TPSA) is 75.7 Å². The molecule has 6 nitrogen and oxygen atoms in total. The number of rotatable bonds is 6. The van der Waals surface area contributed by atoms with Crippen LogP contribution < -0.4 is 4.72 Å². The molecular formula is C16H16Cl2N2O4S. The number of carbonyl (C=O) groups is 1. The fourth-order valence-electron chi connectivity index (χ4n) is 1.94. The van der Waals surface area contributed by atoms with Gasteiger partial charge >= 0.3 is 0 Å². The predicted molar refractivity (Wildman–Crippen MR) is 97.2 cm³/mol. The first-order chi connectivity index (χ1) is 11.7. The summed E-state index contributed by atoms with van der Waals surface area (Å²) in [5, 5.41) is 1.55. The quantitative estimate of drug-likeness (QED) is 0.751. The Morgan fingerprint density at radius 1 is 1.12 bits per heavy atom. The number of nitrogens with zero attached hydrogens (tertiary/aromatic N) is 1. The number of benzene rings is 2. The van der Waals surface area contributed by atoms with Crippen molar-refractivity contribution in [3.8, 4) is 0 Å². The van der Waals surface area contributed by atoms with Crippen LogP contribution in [0.5, 0.6) is 0 Å². The summed E-state index contributed by atoms with van der Waals surface area (Å²) in [5.41, 5.74) is 1.09. The normalized spacial score (nSPS) is 11.2. The molecule has 25 heavy (non-hydrogen) atoms. The van der Waals surface area contributed by atoms with Crippen LogP contribution in [0.2, 0.25) is 10.0 Å². The van der Waals surface area contributed by atoms with E-state index in [1.807, 2.05) is 0 Å². The van der Waals surface area contributed by atoms with Crippen molar-refractivity contribution in [2.75, 3.05) is 18.9 Å². The van der Waals surface area contributed by atoms with E-state index in [0.29, 0.717) is 5.69 Å². The lowest BCUT2D eigenvalue weighted by Gasteiger charge is -2.13. The molecule has 0 aliphatic heterocycles. The van der Waals surface area contributed by atoms with Gasteiger partial charge in [0.15, 0.2) is 0 Å². The van der Waals surface area contributed by atoms with Crippen LogP contribution in [-0.4, -0.2) is 33.5 Å². The Balaban J connectivity index is 2.12. The molecule has 0 aliphatic carbocycles. The number of anilines is 1. The van der Waals surface area contributed by atoms with Gasteiger partial charge in [-0.1, -0.05) is 35.3 Å². The van der Waals surface area contributed by atoms with Crippen molar-refractivity contribution in [1.82, 2.24) is 5.06 Å². The van der Waals surface area contributed by atoms with Gasteiger partial charge in [-0.3, -0.25) is 14.4 Å². The predicted octanol–water partition coefficient (Wildman–Crippen LogP) is 3.36. The lowest BCUT2D eigenvalue weighted by Crippen LogP contribution is -2.26. The van der Waals surface area contributed by atoms with Crippen molar-refractivity contribution in [2.45, 2.75) is 11.3 Å². The van der Waals surface area contributed by atoms with E-state index < -0.39 is 10.0 Å². The molecule has 1 amide bonds. The second-order valence-corrected chi connectivity index (χ2v) is 7.63.